The van der Waals surface area contributed by atoms with Gasteiger partial charge in [0.15, 0.2) is 14.8 Å². The molecule has 0 aliphatic heterocycles. The highest BCUT2D eigenvalue weighted by molar-refractivity contribution is 7.73. The average molecular weight is 294 g/mol. The average Bonchev–Trinajstić information content (AvgIpc) is 2.67. The summed E-state index contributed by atoms with van der Waals surface area (Å²) in [6, 6.07) is 9.89. The van der Waals surface area contributed by atoms with E-state index in [0.717, 1.165) is 20.0 Å². The van der Waals surface area contributed by atoms with Gasteiger partial charge >= 0.3 is 0 Å². The molecule has 1 aromatic carbocycles. The zero-order valence-corrected chi connectivity index (χ0v) is 11.8. The predicted molar refractivity (Wildman–Crippen MR) is 77.3 cm³/mol. The summed E-state index contributed by atoms with van der Waals surface area (Å²) in [4.78, 5) is 8.60. The van der Waals surface area contributed by atoms with Crippen molar-refractivity contribution in [2.45, 2.75) is 6.92 Å². The van der Waals surface area contributed by atoms with Gasteiger partial charge in [0.1, 0.15) is 10.5 Å². The molecule has 3 nitrogen and oxygen atoms in total. The second kappa shape index (κ2) is 4.42. The molecule has 2 heterocycles. The maximum atomic E-state index is 6.13. The molecular formula is C12H8ClN3S2. The Bertz CT molecular complexity index is 777. The Morgan fingerprint density at radius 1 is 1.22 bits per heavy atom. The Morgan fingerprint density at radius 3 is 2.67 bits per heavy atom. The number of hydrogen-bond donors (Lipinski definition) is 0. The van der Waals surface area contributed by atoms with Crippen molar-refractivity contribution in [3.05, 3.63) is 45.3 Å². The van der Waals surface area contributed by atoms with Crippen LogP contribution in [0.4, 0.5) is 0 Å². The lowest BCUT2D eigenvalue weighted by Gasteiger charge is -2.04. The van der Waals surface area contributed by atoms with Gasteiger partial charge in [0.05, 0.1) is 0 Å². The molecule has 3 aromatic rings. The number of aryl methyl sites for hydroxylation is 1. The van der Waals surface area contributed by atoms with E-state index in [1.807, 2.05) is 41.8 Å². The highest BCUT2D eigenvalue weighted by Crippen LogP contribution is 2.29. The molecule has 6 heteroatoms. The summed E-state index contributed by atoms with van der Waals surface area (Å²) >= 11 is 13.0. The van der Waals surface area contributed by atoms with Crippen molar-refractivity contribution in [1.82, 2.24) is 14.5 Å². The second-order valence-electron chi connectivity index (χ2n) is 3.75. The summed E-state index contributed by atoms with van der Waals surface area (Å²) in [5.41, 5.74) is 1.76. The van der Waals surface area contributed by atoms with E-state index in [9.17, 15) is 0 Å². The molecule has 0 radical (unpaired) electrons. The van der Waals surface area contributed by atoms with Crippen LogP contribution in [0.2, 0.25) is 5.15 Å². The zero-order chi connectivity index (χ0) is 12.7. The van der Waals surface area contributed by atoms with Crippen LogP contribution in [0.15, 0.2) is 30.3 Å². The first-order valence-corrected chi connectivity index (χ1v) is 6.88. The van der Waals surface area contributed by atoms with Gasteiger partial charge in [-0.2, -0.15) is 0 Å². The molecule has 3 rings (SSSR count). The lowest BCUT2D eigenvalue weighted by Crippen LogP contribution is -1.97. The van der Waals surface area contributed by atoms with Crippen LogP contribution >= 0.6 is 35.2 Å². The fourth-order valence-corrected chi connectivity index (χ4v) is 3.36. The highest BCUT2D eigenvalue weighted by atomic mass is 35.5. The van der Waals surface area contributed by atoms with E-state index in [2.05, 4.69) is 9.97 Å². The summed E-state index contributed by atoms with van der Waals surface area (Å²) in [6.45, 7) is 1.82. The van der Waals surface area contributed by atoms with Crippen LogP contribution in [-0.2, 0) is 0 Å². The summed E-state index contributed by atoms with van der Waals surface area (Å²) in [5, 5.41) is 0.461. The second-order valence-corrected chi connectivity index (χ2v) is 5.76. The van der Waals surface area contributed by atoms with Gasteiger partial charge in [0, 0.05) is 5.69 Å². The van der Waals surface area contributed by atoms with Crippen molar-refractivity contribution >= 4 is 45.5 Å². The van der Waals surface area contributed by atoms with Crippen molar-refractivity contribution in [3.8, 4) is 5.69 Å². The lowest BCUT2D eigenvalue weighted by molar-refractivity contribution is 1.03. The Morgan fingerprint density at radius 2 is 1.94 bits per heavy atom. The number of nitrogens with zero attached hydrogens (tertiary/aromatic N) is 3. The first kappa shape index (κ1) is 11.8. The minimum absolute atomic E-state index is 0.461. The molecule has 0 aliphatic rings. The number of thiazole rings is 1. The van der Waals surface area contributed by atoms with Crippen LogP contribution in [0.25, 0.3) is 16.0 Å². The highest BCUT2D eigenvalue weighted by Gasteiger charge is 2.12. The van der Waals surface area contributed by atoms with Crippen LogP contribution in [0.5, 0.6) is 0 Å². The van der Waals surface area contributed by atoms with Crippen molar-refractivity contribution < 1.29 is 0 Å². The number of para-hydroxylation sites is 1. The number of halogens is 1. The molecule has 0 N–H and O–H groups in total. The summed E-state index contributed by atoms with van der Waals surface area (Å²) in [5.74, 6) is 0.644. The van der Waals surface area contributed by atoms with E-state index in [-0.39, 0.29) is 0 Å². The van der Waals surface area contributed by atoms with Crippen molar-refractivity contribution in [2.75, 3.05) is 0 Å². The third-order valence-electron chi connectivity index (χ3n) is 2.52. The van der Waals surface area contributed by atoms with Gasteiger partial charge in [0.25, 0.3) is 0 Å². The number of benzene rings is 1. The maximum absolute atomic E-state index is 6.13. The van der Waals surface area contributed by atoms with E-state index < -0.39 is 0 Å². The maximum Gasteiger partial charge on any atom is 0.168 e. The topological polar surface area (TPSA) is 30.7 Å². The smallest absolute Gasteiger partial charge is 0.168 e. The number of rotatable bonds is 1. The Kier molecular flexibility index (Phi) is 2.89. The fraction of sp³-hybridized carbons (Fsp3) is 0.0833. The molecule has 90 valence electrons. The molecule has 0 saturated carbocycles. The normalized spacial score (nSPS) is 11.0. The number of hydrogen-bond acceptors (Lipinski definition) is 4. The van der Waals surface area contributed by atoms with Gasteiger partial charge in [-0.15, -0.1) is 0 Å². The summed E-state index contributed by atoms with van der Waals surface area (Å²) in [6.07, 6.45) is 0. The van der Waals surface area contributed by atoms with Gasteiger partial charge in [-0.1, -0.05) is 41.1 Å². The van der Waals surface area contributed by atoms with Crippen molar-refractivity contribution in [3.63, 3.8) is 0 Å². The molecular weight excluding hydrogens is 286 g/mol. The van der Waals surface area contributed by atoms with E-state index in [1.54, 1.807) is 0 Å². The molecule has 0 saturated heterocycles. The van der Waals surface area contributed by atoms with Gasteiger partial charge in [-0.05, 0) is 31.3 Å². The first-order chi connectivity index (χ1) is 8.66. The lowest BCUT2D eigenvalue weighted by atomic mass is 10.3. The molecule has 0 bridgehead atoms. The largest absolute Gasteiger partial charge is 0.276 e. The van der Waals surface area contributed by atoms with E-state index in [0.29, 0.717) is 11.0 Å². The molecule has 0 fully saturated rings. The van der Waals surface area contributed by atoms with Crippen LogP contribution in [0.3, 0.4) is 0 Å². The molecule has 18 heavy (non-hydrogen) atoms. The molecule has 0 atom stereocenters. The standard InChI is InChI=1S/C12H8ClN3S2/c1-7-14-10(13)9-11(15-7)16(12(17)18-9)8-5-3-2-4-6-8/h2-6H,1H3. The Balaban J connectivity index is 2.43. The SMILES string of the molecule is Cc1nc(Cl)c2sc(=S)n(-c3ccccc3)c2n1. The van der Waals surface area contributed by atoms with Crippen LogP contribution < -0.4 is 0 Å². The minimum Gasteiger partial charge on any atom is -0.276 e. The van der Waals surface area contributed by atoms with Crippen molar-refractivity contribution in [1.29, 1.82) is 0 Å². The summed E-state index contributed by atoms with van der Waals surface area (Å²) in [7, 11) is 0. The van der Waals surface area contributed by atoms with Gasteiger partial charge in [-0.3, -0.25) is 4.57 Å². The predicted octanol–water partition coefficient (Wildman–Crippen LogP) is 4.17. The molecule has 2 aromatic heterocycles. The fourth-order valence-electron chi connectivity index (χ4n) is 1.78. The first-order valence-electron chi connectivity index (χ1n) is 5.28. The quantitative estimate of drug-likeness (QED) is 0.498. The molecule has 0 aliphatic carbocycles. The van der Waals surface area contributed by atoms with E-state index in [4.69, 9.17) is 23.8 Å². The molecule has 0 unspecified atom stereocenters. The van der Waals surface area contributed by atoms with E-state index >= 15 is 0 Å². The van der Waals surface area contributed by atoms with Crippen LogP contribution in [-0.4, -0.2) is 14.5 Å². The van der Waals surface area contributed by atoms with Gasteiger partial charge in [0.2, 0.25) is 0 Å². The number of aromatic nitrogens is 3. The molecule has 0 amide bonds. The van der Waals surface area contributed by atoms with Crippen molar-refractivity contribution in [2.24, 2.45) is 0 Å². The third kappa shape index (κ3) is 1.84. The van der Waals surface area contributed by atoms with E-state index in [1.165, 1.54) is 11.3 Å². The van der Waals surface area contributed by atoms with Crippen LogP contribution in [0.1, 0.15) is 5.82 Å². The monoisotopic (exact) mass is 293 g/mol. The van der Waals surface area contributed by atoms with Gasteiger partial charge in [-0.25, -0.2) is 9.97 Å². The Labute approximate surface area is 118 Å². The number of fused-ring (bicyclic) bond motifs is 1. The third-order valence-corrected chi connectivity index (χ3v) is 4.27. The zero-order valence-electron chi connectivity index (χ0n) is 9.42. The minimum atomic E-state index is 0.461. The summed E-state index contributed by atoms with van der Waals surface area (Å²) < 4.78 is 3.48. The van der Waals surface area contributed by atoms with Gasteiger partial charge < -0.3 is 0 Å². The Hall–Kier alpha value is -1.30. The van der Waals surface area contributed by atoms with Crippen LogP contribution in [0, 0.1) is 10.9 Å². The molecule has 0 spiro atoms.